The van der Waals surface area contributed by atoms with E-state index in [1.807, 2.05) is 42.5 Å². The summed E-state index contributed by atoms with van der Waals surface area (Å²) in [5.74, 6) is 1.33. The average molecular weight is 313 g/mol. The molecule has 1 heterocycles. The Hall–Kier alpha value is -2.60. The Bertz CT molecular complexity index is 781. The van der Waals surface area contributed by atoms with Gasteiger partial charge in [-0.2, -0.15) is 5.10 Å². The number of anilines is 1. The summed E-state index contributed by atoms with van der Waals surface area (Å²) in [6.45, 7) is 0. The van der Waals surface area contributed by atoms with Crippen LogP contribution in [0.25, 0.3) is 10.2 Å². The first kappa shape index (κ1) is 14.3. The molecular formula is C16H15N3O2S. The van der Waals surface area contributed by atoms with Crippen LogP contribution in [0.2, 0.25) is 0 Å². The van der Waals surface area contributed by atoms with E-state index in [0.29, 0.717) is 11.5 Å². The molecule has 0 saturated carbocycles. The highest BCUT2D eigenvalue weighted by Gasteiger charge is 2.07. The number of thiazole rings is 1. The fraction of sp³-hybridized carbons (Fsp3) is 0.125. The van der Waals surface area contributed by atoms with E-state index in [4.69, 9.17) is 9.47 Å². The Labute approximate surface area is 132 Å². The van der Waals surface area contributed by atoms with Gasteiger partial charge in [0.2, 0.25) is 5.13 Å². The SMILES string of the molecule is COc1cccc(/C=N/Nc2nc3ccccc3s2)c1OC. The van der Waals surface area contributed by atoms with E-state index >= 15 is 0 Å². The minimum Gasteiger partial charge on any atom is -0.493 e. The third-order valence-corrected chi connectivity index (χ3v) is 4.03. The Kier molecular flexibility index (Phi) is 4.20. The zero-order chi connectivity index (χ0) is 15.4. The number of methoxy groups -OCH3 is 2. The number of hydrogen-bond donors (Lipinski definition) is 1. The molecule has 22 heavy (non-hydrogen) atoms. The summed E-state index contributed by atoms with van der Waals surface area (Å²) in [6.07, 6.45) is 1.69. The quantitative estimate of drug-likeness (QED) is 0.575. The van der Waals surface area contributed by atoms with E-state index in [0.717, 1.165) is 20.9 Å². The van der Waals surface area contributed by atoms with Crippen molar-refractivity contribution in [2.75, 3.05) is 19.6 Å². The van der Waals surface area contributed by atoms with Gasteiger partial charge in [0.15, 0.2) is 11.5 Å². The average Bonchev–Trinajstić information content (AvgIpc) is 2.97. The van der Waals surface area contributed by atoms with Crippen molar-refractivity contribution in [1.82, 2.24) is 4.98 Å². The molecular weight excluding hydrogens is 298 g/mol. The Morgan fingerprint density at radius 2 is 1.95 bits per heavy atom. The fourth-order valence-corrected chi connectivity index (χ4v) is 2.91. The van der Waals surface area contributed by atoms with Crippen LogP contribution in [-0.2, 0) is 0 Å². The molecule has 0 unspecified atom stereocenters. The number of fused-ring (bicyclic) bond motifs is 1. The molecule has 0 radical (unpaired) electrons. The van der Waals surface area contributed by atoms with Crippen molar-refractivity contribution in [1.29, 1.82) is 0 Å². The minimum atomic E-state index is 0.653. The summed E-state index contributed by atoms with van der Waals surface area (Å²) >= 11 is 1.56. The van der Waals surface area contributed by atoms with Crippen LogP contribution in [0.5, 0.6) is 11.5 Å². The Balaban J connectivity index is 1.80. The zero-order valence-corrected chi connectivity index (χ0v) is 13.1. The third kappa shape index (κ3) is 2.87. The normalized spacial score (nSPS) is 11.0. The van der Waals surface area contributed by atoms with Crippen LogP contribution in [-0.4, -0.2) is 25.4 Å². The van der Waals surface area contributed by atoms with Gasteiger partial charge < -0.3 is 9.47 Å². The molecule has 5 nitrogen and oxygen atoms in total. The first-order valence-electron chi connectivity index (χ1n) is 6.67. The van der Waals surface area contributed by atoms with Gasteiger partial charge in [0.1, 0.15) is 0 Å². The van der Waals surface area contributed by atoms with Crippen molar-refractivity contribution in [3.63, 3.8) is 0 Å². The maximum Gasteiger partial charge on any atom is 0.204 e. The van der Waals surface area contributed by atoms with Gasteiger partial charge >= 0.3 is 0 Å². The second kappa shape index (κ2) is 6.44. The molecule has 3 rings (SSSR count). The van der Waals surface area contributed by atoms with Gasteiger partial charge in [0.25, 0.3) is 0 Å². The van der Waals surface area contributed by atoms with Gasteiger partial charge in [-0.1, -0.05) is 29.5 Å². The molecule has 0 bridgehead atoms. The maximum absolute atomic E-state index is 5.36. The highest BCUT2D eigenvalue weighted by molar-refractivity contribution is 7.22. The predicted molar refractivity (Wildman–Crippen MR) is 90.4 cm³/mol. The summed E-state index contributed by atoms with van der Waals surface area (Å²) in [6, 6.07) is 13.6. The number of rotatable bonds is 5. The van der Waals surface area contributed by atoms with Gasteiger partial charge in [0.05, 0.1) is 30.7 Å². The first-order chi connectivity index (χ1) is 10.8. The first-order valence-corrected chi connectivity index (χ1v) is 7.49. The van der Waals surface area contributed by atoms with Gasteiger partial charge in [-0.05, 0) is 24.3 Å². The second-order valence-corrected chi connectivity index (χ2v) is 5.47. The number of hydrogen-bond acceptors (Lipinski definition) is 6. The van der Waals surface area contributed by atoms with Gasteiger partial charge in [-0.15, -0.1) is 0 Å². The van der Waals surface area contributed by atoms with Crippen molar-refractivity contribution in [3.8, 4) is 11.5 Å². The van der Waals surface area contributed by atoms with Crippen molar-refractivity contribution in [2.45, 2.75) is 0 Å². The van der Waals surface area contributed by atoms with Gasteiger partial charge in [-0.25, -0.2) is 4.98 Å². The van der Waals surface area contributed by atoms with Crippen molar-refractivity contribution in [3.05, 3.63) is 48.0 Å². The maximum atomic E-state index is 5.36. The molecule has 0 aliphatic heterocycles. The summed E-state index contributed by atoms with van der Waals surface area (Å²) in [5, 5.41) is 4.98. The molecule has 1 aromatic heterocycles. The largest absolute Gasteiger partial charge is 0.493 e. The smallest absolute Gasteiger partial charge is 0.204 e. The molecule has 112 valence electrons. The van der Waals surface area contributed by atoms with Crippen LogP contribution < -0.4 is 14.9 Å². The molecule has 0 amide bonds. The van der Waals surface area contributed by atoms with E-state index in [1.165, 1.54) is 0 Å². The van der Waals surface area contributed by atoms with Crippen LogP contribution in [0.1, 0.15) is 5.56 Å². The zero-order valence-electron chi connectivity index (χ0n) is 12.2. The summed E-state index contributed by atoms with van der Waals surface area (Å²) in [4.78, 5) is 4.46. The molecule has 0 aliphatic carbocycles. The minimum absolute atomic E-state index is 0.653. The second-order valence-electron chi connectivity index (χ2n) is 4.44. The molecule has 1 N–H and O–H groups in total. The summed E-state index contributed by atoms with van der Waals surface area (Å²) in [7, 11) is 3.22. The monoisotopic (exact) mass is 313 g/mol. The van der Waals surface area contributed by atoms with Crippen LogP contribution in [0, 0.1) is 0 Å². The molecule has 6 heteroatoms. The fourth-order valence-electron chi connectivity index (χ4n) is 2.09. The molecule has 0 aliphatic rings. The number of ether oxygens (including phenoxy) is 2. The molecule has 0 spiro atoms. The van der Waals surface area contributed by atoms with E-state index in [2.05, 4.69) is 15.5 Å². The molecule has 0 saturated heterocycles. The highest BCUT2D eigenvalue weighted by atomic mass is 32.1. The van der Waals surface area contributed by atoms with Crippen LogP contribution in [0.4, 0.5) is 5.13 Å². The molecule has 2 aromatic carbocycles. The van der Waals surface area contributed by atoms with E-state index in [1.54, 1.807) is 31.8 Å². The summed E-state index contributed by atoms with van der Waals surface area (Å²) in [5.41, 5.74) is 4.74. The standard InChI is InChI=1S/C16H15N3O2S/c1-20-13-8-5-6-11(15(13)21-2)10-17-19-16-18-12-7-3-4-9-14(12)22-16/h3-10H,1-2H3,(H,18,19)/b17-10+. The number of hydrazone groups is 1. The van der Waals surface area contributed by atoms with Crippen molar-refractivity contribution < 1.29 is 9.47 Å². The lowest BCUT2D eigenvalue weighted by Crippen LogP contribution is -1.96. The number of aromatic nitrogens is 1. The lowest BCUT2D eigenvalue weighted by Gasteiger charge is -2.09. The number of para-hydroxylation sites is 2. The van der Waals surface area contributed by atoms with Gasteiger partial charge in [0, 0.05) is 5.56 Å². The predicted octanol–water partition coefficient (Wildman–Crippen LogP) is 3.76. The van der Waals surface area contributed by atoms with Crippen LogP contribution in [0.3, 0.4) is 0 Å². The van der Waals surface area contributed by atoms with Gasteiger partial charge in [-0.3, -0.25) is 5.43 Å². The Morgan fingerprint density at radius 1 is 1.09 bits per heavy atom. The number of nitrogens with zero attached hydrogens (tertiary/aromatic N) is 2. The highest BCUT2D eigenvalue weighted by Crippen LogP contribution is 2.29. The van der Waals surface area contributed by atoms with E-state index in [-0.39, 0.29) is 0 Å². The Morgan fingerprint density at radius 3 is 2.73 bits per heavy atom. The van der Waals surface area contributed by atoms with E-state index in [9.17, 15) is 0 Å². The van der Waals surface area contributed by atoms with Crippen LogP contribution >= 0.6 is 11.3 Å². The third-order valence-electron chi connectivity index (χ3n) is 3.09. The lowest BCUT2D eigenvalue weighted by molar-refractivity contribution is 0.354. The lowest BCUT2D eigenvalue weighted by atomic mass is 10.2. The van der Waals surface area contributed by atoms with Crippen molar-refractivity contribution in [2.24, 2.45) is 5.10 Å². The molecule has 3 aromatic rings. The van der Waals surface area contributed by atoms with Crippen molar-refractivity contribution >= 4 is 32.9 Å². The topological polar surface area (TPSA) is 55.7 Å². The summed E-state index contributed by atoms with van der Waals surface area (Å²) < 4.78 is 11.7. The number of benzene rings is 2. The molecule has 0 fully saturated rings. The van der Waals surface area contributed by atoms with E-state index < -0.39 is 0 Å². The number of nitrogens with one attached hydrogen (secondary N) is 1. The molecule has 0 atom stereocenters. The van der Waals surface area contributed by atoms with Crippen LogP contribution in [0.15, 0.2) is 47.6 Å².